The SMILES string of the molecule is CCc1[nH]c(=S)n(CCN)c1C. The van der Waals surface area contributed by atoms with Crippen LogP contribution in [0.5, 0.6) is 0 Å². The van der Waals surface area contributed by atoms with Gasteiger partial charge < -0.3 is 15.3 Å². The summed E-state index contributed by atoms with van der Waals surface area (Å²) in [6.45, 7) is 5.62. The summed E-state index contributed by atoms with van der Waals surface area (Å²) in [5, 5.41) is 0. The average Bonchev–Trinajstić information content (AvgIpc) is 2.32. The van der Waals surface area contributed by atoms with E-state index in [9.17, 15) is 0 Å². The fourth-order valence-corrected chi connectivity index (χ4v) is 1.70. The Balaban J connectivity index is 3.10. The molecular weight excluding hydrogens is 170 g/mol. The van der Waals surface area contributed by atoms with Crippen molar-refractivity contribution < 1.29 is 0 Å². The Morgan fingerprint density at radius 3 is 2.67 bits per heavy atom. The third-order valence-corrected chi connectivity index (χ3v) is 2.37. The first kappa shape index (κ1) is 9.48. The van der Waals surface area contributed by atoms with E-state index in [1.165, 1.54) is 11.4 Å². The van der Waals surface area contributed by atoms with Crippen LogP contribution in [0.2, 0.25) is 0 Å². The van der Waals surface area contributed by atoms with Gasteiger partial charge in [-0.25, -0.2) is 0 Å². The largest absolute Gasteiger partial charge is 0.334 e. The number of rotatable bonds is 3. The molecule has 0 aliphatic heterocycles. The lowest BCUT2D eigenvalue weighted by atomic mass is 10.3. The van der Waals surface area contributed by atoms with Gasteiger partial charge in [-0.15, -0.1) is 0 Å². The van der Waals surface area contributed by atoms with E-state index in [0.29, 0.717) is 6.54 Å². The highest BCUT2D eigenvalue weighted by molar-refractivity contribution is 7.71. The Morgan fingerprint density at radius 2 is 2.25 bits per heavy atom. The van der Waals surface area contributed by atoms with E-state index < -0.39 is 0 Å². The van der Waals surface area contributed by atoms with Crippen LogP contribution in [0, 0.1) is 11.7 Å². The third-order valence-electron chi connectivity index (χ3n) is 2.05. The second-order valence-electron chi connectivity index (χ2n) is 2.79. The Morgan fingerprint density at radius 1 is 1.58 bits per heavy atom. The van der Waals surface area contributed by atoms with Gasteiger partial charge in [0.2, 0.25) is 0 Å². The molecule has 0 unspecified atom stereocenters. The van der Waals surface area contributed by atoms with Crippen LogP contribution in [0.25, 0.3) is 0 Å². The van der Waals surface area contributed by atoms with Crippen LogP contribution in [-0.4, -0.2) is 16.1 Å². The molecular formula is C8H15N3S. The first-order valence-corrected chi connectivity index (χ1v) is 4.59. The van der Waals surface area contributed by atoms with Gasteiger partial charge in [0, 0.05) is 24.5 Å². The predicted octanol–water partition coefficient (Wildman–Crippen LogP) is 1.38. The zero-order valence-corrected chi connectivity index (χ0v) is 8.37. The summed E-state index contributed by atoms with van der Waals surface area (Å²) < 4.78 is 2.84. The fourth-order valence-electron chi connectivity index (χ4n) is 1.34. The molecule has 4 heteroatoms. The lowest BCUT2D eigenvalue weighted by Crippen LogP contribution is -2.11. The van der Waals surface area contributed by atoms with E-state index >= 15 is 0 Å². The summed E-state index contributed by atoms with van der Waals surface area (Å²) in [7, 11) is 0. The van der Waals surface area contributed by atoms with E-state index in [-0.39, 0.29) is 0 Å². The number of imidazole rings is 1. The van der Waals surface area contributed by atoms with Crippen molar-refractivity contribution in [1.29, 1.82) is 0 Å². The lowest BCUT2D eigenvalue weighted by Gasteiger charge is -2.02. The molecule has 68 valence electrons. The molecule has 3 nitrogen and oxygen atoms in total. The number of aryl methyl sites for hydroxylation is 1. The molecule has 0 aromatic carbocycles. The summed E-state index contributed by atoms with van der Waals surface area (Å²) in [4.78, 5) is 3.17. The van der Waals surface area contributed by atoms with Gasteiger partial charge in [-0.3, -0.25) is 0 Å². The second-order valence-corrected chi connectivity index (χ2v) is 3.17. The molecule has 0 fully saturated rings. The maximum atomic E-state index is 5.47. The summed E-state index contributed by atoms with van der Waals surface area (Å²) in [5.41, 5.74) is 7.90. The van der Waals surface area contributed by atoms with Crippen LogP contribution in [0.3, 0.4) is 0 Å². The van der Waals surface area contributed by atoms with E-state index in [1.54, 1.807) is 0 Å². The topological polar surface area (TPSA) is 46.7 Å². The number of hydrogen-bond donors (Lipinski definition) is 2. The highest BCUT2D eigenvalue weighted by Crippen LogP contribution is 2.07. The molecule has 3 N–H and O–H groups in total. The summed E-state index contributed by atoms with van der Waals surface area (Å²) >= 11 is 5.14. The van der Waals surface area contributed by atoms with E-state index in [1.807, 2.05) is 4.57 Å². The first-order valence-electron chi connectivity index (χ1n) is 4.19. The van der Waals surface area contributed by atoms with E-state index in [4.69, 9.17) is 18.0 Å². The quantitative estimate of drug-likeness (QED) is 0.699. The minimum Gasteiger partial charge on any atom is -0.334 e. The van der Waals surface area contributed by atoms with Crippen LogP contribution >= 0.6 is 12.2 Å². The van der Waals surface area contributed by atoms with Crippen molar-refractivity contribution in [1.82, 2.24) is 9.55 Å². The zero-order valence-electron chi connectivity index (χ0n) is 7.55. The van der Waals surface area contributed by atoms with Crippen molar-refractivity contribution in [3.05, 3.63) is 16.2 Å². The molecule has 0 bridgehead atoms. The molecule has 1 heterocycles. The molecule has 0 saturated heterocycles. The molecule has 0 spiro atoms. The van der Waals surface area contributed by atoms with Gasteiger partial charge in [0.1, 0.15) is 0 Å². The Kier molecular flexibility index (Phi) is 3.05. The smallest absolute Gasteiger partial charge is 0.177 e. The predicted molar refractivity (Wildman–Crippen MR) is 52.8 cm³/mol. The number of aromatic amines is 1. The number of nitrogens with zero attached hydrogens (tertiary/aromatic N) is 1. The van der Waals surface area contributed by atoms with Gasteiger partial charge in [-0.05, 0) is 25.6 Å². The van der Waals surface area contributed by atoms with Crippen molar-refractivity contribution in [3.63, 3.8) is 0 Å². The van der Waals surface area contributed by atoms with E-state index in [2.05, 4.69) is 18.8 Å². The third kappa shape index (κ3) is 1.59. The molecule has 0 aliphatic rings. The van der Waals surface area contributed by atoms with Crippen LogP contribution in [0.15, 0.2) is 0 Å². The molecule has 1 rings (SSSR count). The van der Waals surface area contributed by atoms with Crippen molar-refractivity contribution in [2.75, 3.05) is 6.54 Å². The van der Waals surface area contributed by atoms with Gasteiger partial charge in [0.25, 0.3) is 0 Å². The van der Waals surface area contributed by atoms with Gasteiger partial charge >= 0.3 is 0 Å². The summed E-state index contributed by atoms with van der Waals surface area (Å²) in [5.74, 6) is 0. The number of nitrogens with one attached hydrogen (secondary N) is 1. The maximum Gasteiger partial charge on any atom is 0.177 e. The monoisotopic (exact) mass is 185 g/mol. The highest BCUT2D eigenvalue weighted by Gasteiger charge is 2.04. The van der Waals surface area contributed by atoms with Crippen LogP contribution in [-0.2, 0) is 13.0 Å². The molecule has 0 radical (unpaired) electrons. The fraction of sp³-hybridized carbons (Fsp3) is 0.625. The Labute approximate surface area is 77.6 Å². The van der Waals surface area contributed by atoms with Crippen molar-refractivity contribution in [2.24, 2.45) is 5.73 Å². The molecule has 1 aromatic heterocycles. The molecule has 0 atom stereocenters. The minimum absolute atomic E-state index is 0.635. The van der Waals surface area contributed by atoms with Crippen LogP contribution < -0.4 is 5.73 Å². The summed E-state index contributed by atoms with van der Waals surface area (Å²) in [6.07, 6.45) is 0.993. The second kappa shape index (κ2) is 3.87. The first-order chi connectivity index (χ1) is 5.70. The Bertz CT molecular complexity index is 311. The molecule has 0 aliphatic carbocycles. The number of hydrogen-bond acceptors (Lipinski definition) is 2. The number of nitrogens with two attached hydrogens (primary N) is 1. The molecule has 1 aromatic rings. The normalized spacial score (nSPS) is 10.6. The Hall–Kier alpha value is -0.610. The zero-order chi connectivity index (χ0) is 9.14. The maximum absolute atomic E-state index is 5.47. The van der Waals surface area contributed by atoms with Crippen molar-refractivity contribution in [3.8, 4) is 0 Å². The van der Waals surface area contributed by atoms with Gasteiger partial charge in [0.15, 0.2) is 4.77 Å². The minimum atomic E-state index is 0.635. The van der Waals surface area contributed by atoms with Crippen LogP contribution in [0.1, 0.15) is 18.3 Å². The lowest BCUT2D eigenvalue weighted by molar-refractivity contribution is 0.679. The molecule has 12 heavy (non-hydrogen) atoms. The average molecular weight is 185 g/mol. The number of H-pyrrole nitrogens is 1. The van der Waals surface area contributed by atoms with Gasteiger partial charge in [-0.2, -0.15) is 0 Å². The molecule has 0 amide bonds. The standard InChI is InChI=1S/C8H15N3S/c1-3-7-6(2)11(5-4-9)8(12)10-7/h3-5,9H2,1-2H3,(H,10,12). The van der Waals surface area contributed by atoms with Crippen LogP contribution in [0.4, 0.5) is 0 Å². The summed E-state index contributed by atoms with van der Waals surface area (Å²) in [6, 6.07) is 0. The van der Waals surface area contributed by atoms with Gasteiger partial charge in [0.05, 0.1) is 0 Å². The number of aromatic nitrogens is 2. The van der Waals surface area contributed by atoms with Crippen molar-refractivity contribution in [2.45, 2.75) is 26.8 Å². The van der Waals surface area contributed by atoms with Gasteiger partial charge in [-0.1, -0.05) is 6.92 Å². The molecule has 0 saturated carbocycles. The highest BCUT2D eigenvalue weighted by atomic mass is 32.1. The van der Waals surface area contributed by atoms with Crippen molar-refractivity contribution >= 4 is 12.2 Å². The van der Waals surface area contributed by atoms with E-state index in [0.717, 1.165) is 17.7 Å².